The van der Waals surface area contributed by atoms with E-state index < -0.39 is 0 Å². The first-order chi connectivity index (χ1) is 15.8. The Hall–Kier alpha value is -2.71. The van der Waals surface area contributed by atoms with Gasteiger partial charge in [0.25, 0.3) is 0 Å². The highest BCUT2D eigenvalue weighted by molar-refractivity contribution is 6.30. The zero-order valence-corrected chi connectivity index (χ0v) is 20.1. The highest BCUT2D eigenvalue weighted by atomic mass is 35.5. The van der Waals surface area contributed by atoms with Gasteiger partial charge < -0.3 is 20.4 Å². The van der Waals surface area contributed by atoms with E-state index in [0.29, 0.717) is 50.0 Å². The standard InChI is InChI=1S/C24H31ClN6O2/c1-15(2)26-13-20(17-4-6-18(25)7-5-17)24(33)31-10-8-30(9-11-31)22-19-12-16(3)23(32)29-21(19)27-14-28-22/h4-7,14-16,20,26H,8-13H2,1-3H3,(H,27,28,29,32)/t16?,20-/m1/s1. The number of benzene rings is 1. The van der Waals surface area contributed by atoms with Crippen LogP contribution in [0.5, 0.6) is 0 Å². The number of amides is 2. The number of aromatic nitrogens is 2. The van der Waals surface area contributed by atoms with Gasteiger partial charge in [0.05, 0.1) is 5.92 Å². The molecule has 2 atom stereocenters. The summed E-state index contributed by atoms with van der Waals surface area (Å²) >= 11 is 6.06. The van der Waals surface area contributed by atoms with Gasteiger partial charge in [-0.1, -0.05) is 44.5 Å². The summed E-state index contributed by atoms with van der Waals surface area (Å²) in [5.74, 6) is 1.19. The van der Waals surface area contributed by atoms with E-state index in [0.717, 1.165) is 16.9 Å². The summed E-state index contributed by atoms with van der Waals surface area (Å²) in [4.78, 5) is 38.4. The van der Waals surface area contributed by atoms with Crippen molar-refractivity contribution in [3.05, 3.63) is 46.7 Å². The molecule has 0 aliphatic carbocycles. The molecule has 8 nitrogen and oxygen atoms in total. The molecular formula is C24H31ClN6O2. The summed E-state index contributed by atoms with van der Waals surface area (Å²) in [6.07, 6.45) is 2.12. The summed E-state index contributed by atoms with van der Waals surface area (Å²) in [6, 6.07) is 7.83. The Morgan fingerprint density at radius 3 is 2.55 bits per heavy atom. The number of hydrogen-bond acceptors (Lipinski definition) is 6. The van der Waals surface area contributed by atoms with Crippen LogP contribution in [0, 0.1) is 5.92 Å². The highest BCUT2D eigenvalue weighted by Gasteiger charge is 2.32. The maximum Gasteiger partial charge on any atom is 0.231 e. The Balaban J connectivity index is 1.46. The fraction of sp³-hybridized carbons (Fsp3) is 0.500. The number of nitrogens with one attached hydrogen (secondary N) is 2. The van der Waals surface area contributed by atoms with Crippen LogP contribution < -0.4 is 15.5 Å². The van der Waals surface area contributed by atoms with Gasteiger partial charge >= 0.3 is 0 Å². The molecule has 1 fully saturated rings. The van der Waals surface area contributed by atoms with E-state index in [1.54, 1.807) is 0 Å². The van der Waals surface area contributed by atoms with E-state index in [1.807, 2.05) is 36.1 Å². The fourth-order valence-electron chi connectivity index (χ4n) is 4.37. The normalized spacial score (nSPS) is 19.3. The number of piperazine rings is 1. The third-order valence-electron chi connectivity index (χ3n) is 6.31. The molecule has 2 aliphatic rings. The molecule has 0 radical (unpaired) electrons. The average Bonchev–Trinajstić information content (AvgIpc) is 2.80. The fourth-order valence-corrected chi connectivity index (χ4v) is 4.49. The van der Waals surface area contributed by atoms with Crippen LogP contribution in [0.4, 0.5) is 11.6 Å². The van der Waals surface area contributed by atoms with Gasteiger partial charge in [-0.25, -0.2) is 9.97 Å². The van der Waals surface area contributed by atoms with Crippen molar-refractivity contribution in [2.75, 3.05) is 42.9 Å². The van der Waals surface area contributed by atoms with Gasteiger partial charge in [0.15, 0.2) is 0 Å². The van der Waals surface area contributed by atoms with E-state index in [-0.39, 0.29) is 29.7 Å². The summed E-state index contributed by atoms with van der Waals surface area (Å²) < 4.78 is 0. The Kier molecular flexibility index (Phi) is 7.14. The number of halogens is 1. The minimum Gasteiger partial charge on any atom is -0.353 e. The number of anilines is 2. The highest BCUT2D eigenvalue weighted by Crippen LogP contribution is 2.31. The maximum atomic E-state index is 13.5. The first-order valence-corrected chi connectivity index (χ1v) is 11.9. The van der Waals surface area contributed by atoms with Crippen LogP contribution in [-0.2, 0) is 16.0 Å². The number of hydrogen-bond donors (Lipinski definition) is 2. The molecule has 4 rings (SSSR count). The van der Waals surface area contributed by atoms with E-state index in [2.05, 4.69) is 39.3 Å². The molecule has 9 heteroatoms. The predicted molar refractivity (Wildman–Crippen MR) is 130 cm³/mol. The molecule has 1 aromatic carbocycles. The number of rotatable bonds is 6. The van der Waals surface area contributed by atoms with Crippen LogP contribution in [0.25, 0.3) is 0 Å². The summed E-state index contributed by atoms with van der Waals surface area (Å²) in [5, 5.41) is 6.95. The van der Waals surface area contributed by atoms with E-state index in [4.69, 9.17) is 11.6 Å². The van der Waals surface area contributed by atoms with Gasteiger partial charge in [-0.15, -0.1) is 0 Å². The second-order valence-corrected chi connectivity index (χ2v) is 9.53. The number of fused-ring (bicyclic) bond motifs is 1. The molecule has 2 amide bonds. The Morgan fingerprint density at radius 2 is 1.88 bits per heavy atom. The predicted octanol–water partition coefficient (Wildman–Crippen LogP) is 2.69. The summed E-state index contributed by atoms with van der Waals surface area (Å²) in [7, 11) is 0. The van der Waals surface area contributed by atoms with Crippen molar-refractivity contribution >= 4 is 35.1 Å². The first-order valence-electron chi connectivity index (χ1n) is 11.5. The van der Waals surface area contributed by atoms with Gasteiger partial charge in [-0.3, -0.25) is 9.59 Å². The quantitative estimate of drug-likeness (QED) is 0.674. The molecule has 1 aromatic heterocycles. The lowest BCUT2D eigenvalue weighted by molar-refractivity contribution is -0.133. The molecule has 0 bridgehead atoms. The van der Waals surface area contributed by atoms with Gasteiger partial charge in [0, 0.05) is 55.3 Å². The largest absolute Gasteiger partial charge is 0.353 e. The van der Waals surface area contributed by atoms with E-state index in [1.165, 1.54) is 6.33 Å². The molecule has 33 heavy (non-hydrogen) atoms. The molecule has 1 unspecified atom stereocenters. The third kappa shape index (κ3) is 5.28. The maximum absolute atomic E-state index is 13.5. The lowest BCUT2D eigenvalue weighted by atomic mass is 9.96. The van der Waals surface area contributed by atoms with Crippen LogP contribution in [0.15, 0.2) is 30.6 Å². The van der Waals surface area contributed by atoms with Crippen LogP contribution in [0.1, 0.15) is 37.8 Å². The number of nitrogens with zero attached hydrogens (tertiary/aromatic N) is 4. The smallest absolute Gasteiger partial charge is 0.231 e. The zero-order chi connectivity index (χ0) is 23.5. The van der Waals surface area contributed by atoms with Crippen molar-refractivity contribution in [2.24, 2.45) is 5.92 Å². The van der Waals surface area contributed by atoms with Crippen molar-refractivity contribution in [3.63, 3.8) is 0 Å². The SMILES string of the molecule is CC(C)NC[C@@H](C(=O)N1CCN(c2ncnc3c2CC(C)C(=O)N3)CC1)c1ccc(Cl)cc1. The molecule has 2 aliphatic heterocycles. The minimum atomic E-state index is -0.265. The van der Waals surface area contributed by atoms with Crippen molar-refractivity contribution < 1.29 is 9.59 Å². The van der Waals surface area contributed by atoms with Gasteiger partial charge in [-0.05, 0) is 24.1 Å². The monoisotopic (exact) mass is 470 g/mol. The number of carbonyl (C=O) groups excluding carboxylic acids is 2. The van der Waals surface area contributed by atoms with E-state index in [9.17, 15) is 9.59 Å². The first kappa shape index (κ1) is 23.4. The number of carbonyl (C=O) groups is 2. The summed E-state index contributed by atoms with van der Waals surface area (Å²) in [6.45, 7) is 9.24. The topological polar surface area (TPSA) is 90.5 Å². The second-order valence-electron chi connectivity index (χ2n) is 9.10. The third-order valence-corrected chi connectivity index (χ3v) is 6.57. The molecule has 176 valence electrons. The van der Waals surface area contributed by atoms with Crippen molar-refractivity contribution in [1.29, 1.82) is 0 Å². The molecular weight excluding hydrogens is 440 g/mol. The average molecular weight is 471 g/mol. The molecule has 2 N–H and O–H groups in total. The van der Waals surface area contributed by atoms with Crippen LogP contribution >= 0.6 is 11.6 Å². The van der Waals surface area contributed by atoms with Gasteiger partial charge in [0.2, 0.25) is 11.8 Å². The second kappa shape index (κ2) is 10.1. The Labute approximate surface area is 199 Å². The minimum absolute atomic E-state index is 0.00851. The molecule has 3 heterocycles. The van der Waals surface area contributed by atoms with Crippen molar-refractivity contribution in [1.82, 2.24) is 20.2 Å². The lowest BCUT2D eigenvalue weighted by Crippen LogP contribution is -2.51. The Bertz CT molecular complexity index is 1000. The summed E-state index contributed by atoms with van der Waals surface area (Å²) in [5.41, 5.74) is 1.94. The lowest BCUT2D eigenvalue weighted by Gasteiger charge is -2.38. The molecule has 1 saturated heterocycles. The zero-order valence-electron chi connectivity index (χ0n) is 19.3. The van der Waals surface area contributed by atoms with Crippen LogP contribution in [0.2, 0.25) is 5.02 Å². The van der Waals surface area contributed by atoms with Crippen LogP contribution in [0.3, 0.4) is 0 Å². The van der Waals surface area contributed by atoms with Crippen LogP contribution in [-0.4, -0.2) is 65.4 Å². The van der Waals surface area contributed by atoms with Gasteiger partial charge in [0.1, 0.15) is 18.0 Å². The van der Waals surface area contributed by atoms with Crippen molar-refractivity contribution in [2.45, 2.75) is 39.2 Å². The Morgan fingerprint density at radius 1 is 1.18 bits per heavy atom. The molecule has 0 spiro atoms. The van der Waals surface area contributed by atoms with E-state index >= 15 is 0 Å². The molecule has 0 saturated carbocycles. The van der Waals surface area contributed by atoms with Crippen molar-refractivity contribution in [3.8, 4) is 0 Å². The molecule has 2 aromatic rings. The van der Waals surface area contributed by atoms with Gasteiger partial charge in [-0.2, -0.15) is 0 Å².